The molecule has 2 aromatic carbocycles. The molecule has 2 N–H and O–H groups in total. The molecule has 7 heteroatoms. The lowest BCUT2D eigenvalue weighted by Crippen LogP contribution is -2.41. The van der Waals surface area contributed by atoms with Gasteiger partial charge in [0.05, 0.1) is 19.4 Å². The predicted molar refractivity (Wildman–Crippen MR) is 117 cm³/mol. The molecule has 0 aliphatic rings. The van der Waals surface area contributed by atoms with Crippen LogP contribution in [-0.4, -0.2) is 31.6 Å². The Morgan fingerprint density at radius 2 is 1.71 bits per heavy atom. The fourth-order valence-corrected chi connectivity index (χ4v) is 2.69. The van der Waals surface area contributed by atoms with Crippen LogP contribution in [0.5, 0.6) is 11.5 Å². The number of carbonyl (C=O) groups is 2. The summed E-state index contributed by atoms with van der Waals surface area (Å²) >= 11 is 0. The summed E-state index contributed by atoms with van der Waals surface area (Å²) in [6.07, 6.45) is 2.97. The monoisotopic (exact) mass is 420 g/mol. The molecule has 3 aromatic rings. The third kappa shape index (κ3) is 6.50. The van der Waals surface area contributed by atoms with Crippen molar-refractivity contribution in [3.8, 4) is 11.5 Å². The molecule has 0 radical (unpaired) electrons. The SMILES string of the molecule is COc1ccc(OC[C@H](C)NC(=O)/C(=C/c2ccco2)NC(=O)c2ccccc2)cc1. The molecule has 0 aliphatic heterocycles. The van der Waals surface area contributed by atoms with Crippen LogP contribution in [0.4, 0.5) is 0 Å². The van der Waals surface area contributed by atoms with Crippen molar-refractivity contribution in [1.29, 1.82) is 0 Å². The molecule has 0 aliphatic carbocycles. The van der Waals surface area contributed by atoms with Gasteiger partial charge in [-0.25, -0.2) is 0 Å². The Morgan fingerprint density at radius 3 is 2.35 bits per heavy atom. The van der Waals surface area contributed by atoms with Crippen LogP contribution in [-0.2, 0) is 4.79 Å². The number of ether oxygens (including phenoxy) is 2. The van der Waals surface area contributed by atoms with E-state index >= 15 is 0 Å². The van der Waals surface area contributed by atoms with E-state index < -0.39 is 11.8 Å². The fraction of sp³-hybridized carbons (Fsp3) is 0.167. The summed E-state index contributed by atoms with van der Waals surface area (Å²) in [6, 6.07) is 18.9. The molecule has 0 spiro atoms. The average Bonchev–Trinajstić information content (AvgIpc) is 3.31. The molecule has 0 saturated heterocycles. The summed E-state index contributed by atoms with van der Waals surface area (Å²) in [5.41, 5.74) is 0.511. The average molecular weight is 420 g/mol. The first-order valence-electron chi connectivity index (χ1n) is 9.74. The Kier molecular flexibility index (Phi) is 7.48. The lowest BCUT2D eigenvalue weighted by atomic mass is 10.2. The first kappa shape index (κ1) is 21.7. The van der Waals surface area contributed by atoms with Crippen LogP contribution in [0.15, 0.2) is 83.1 Å². The van der Waals surface area contributed by atoms with E-state index in [0.717, 1.165) is 5.75 Å². The Morgan fingerprint density at radius 1 is 1.00 bits per heavy atom. The van der Waals surface area contributed by atoms with Crippen molar-refractivity contribution < 1.29 is 23.5 Å². The van der Waals surface area contributed by atoms with E-state index in [9.17, 15) is 9.59 Å². The zero-order valence-electron chi connectivity index (χ0n) is 17.3. The van der Waals surface area contributed by atoms with Gasteiger partial charge in [-0.1, -0.05) is 18.2 Å². The maximum Gasteiger partial charge on any atom is 0.268 e. The van der Waals surface area contributed by atoms with Crippen LogP contribution < -0.4 is 20.1 Å². The second-order valence-electron chi connectivity index (χ2n) is 6.75. The summed E-state index contributed by atoms with van der Waals surface area (Å²) in [5, 5.41) is 5.49. The maximum atomic E-state index is 12.8. The van der Waals surface area contributed by atoms with E-state index in [2.05, 4.69) is 10.6 Å². The highest BCUT2D eigenvalue weighted by Gasteiger charge is 2.17. The number of benzene rings is 2. The highest BCUT2D eigenvalue weighted by molar-refractivity contribution is 6.05. The molecule has 1 aromatic heterocycles. The lowest BCUT2D eigenvalue weighted by Gasteiger charge is -2.17. The summed E-state index contributed by atoms with van der Waals surface area (Å²) in [6.45, 7) is 2.06. The van der Waals surface area contributed by atoms with Gasteiger partial charge in [-0.2, -0.15) is 0 Å². The highest BCUT2D eigenvalue weighted by atomic mass is 16.5. The van der Waals surface area contributed by atoms with Gasteiger partial charge in [0, 0.05) is 11.6 Å². The molecular weight excluding hydrogens is 396 g/mol. The summed E-state index contributed by atoms with van der Waals surface area (Å²) < 4.78 is 16.1. The molecule has 0 unspecified atom stereocenters. The number of carbonyl (C=O) groups excluding carboxylic acids is 2. The number of furan rings is 1. The van der Waals surface area contributed by atoms with Gasteiger partial charge in [-0.3, -0.25) is 9.59 Å². The number of amides is 2. The van der Waals surface area contributed by atoms with Crippen molar-refractivity contribution in [2.24, 2.45) is 0 Å². The molecule has 0 fully saturated rings. The molecule has 31 heavy (non-hydrogen) atoms. The molecule has 0 saturated carbocycles. The van der Waals surface area contributed by atoms with Crippen LogP contribution in [0.2, 0.25) is 0 Å². The number of nitrogens with one attached hydrogen (secondary N) is 2. The fourth-order valence-electron chi connectivity index (χ4n) is 2.69. The summed E-state index contributed by atoms with van der Waals surface area (Å²) in [7, 11) is 1.60. The molecule has 1 heterocycles. The maximum absolute atomic E-state index is 12.8. The van der Waals surface area contributed by atoms with Gasteiger partial charge in [0.1, 0.15) is 29.6 Å². The molecule has 2 amide bonds. The van der Waals surface area contributed by atoms with Crippen LogP contribution in [0, 0.1) is 0 Å². The molecule has 1 atom stereocenters. The number of methoxy groups -OCH3 is 1. The Labute approximate surface area is 180 Å². The van der Waals surface area contributed by atoms with E-state index in [1.165, 1.54) is 12.3 Å². The predicted octanol–water partition coefficient (Wildman–Crippen LogP) is 3.64. The zero-order chi connectivity index (χ0) is 22.1. The number of rotatable bonds is 9. The highest BCUT2D eigenvalue weighted by Crippen LogP contribution is 2.17. The van der Waals surface area contributed by atoms with Gasteiger partial charge in [0.2, 0.25) is 0 Å². The first-order valence-corrected chi connectivity index (χ1v) is 9.74. The Bertz CT molecular complexity index is 1010. The standard InChI is InChI=1S/C24H24N2O5/c1-17(16-31-20-12-10-19(29-2)11-13-20)25-24(28)22(15-21-9-6-14-30-21)26-23(27)18-7-4-3-5-8-18/h3-15,17H,16H2,1-2H3,(H,25,28)(H,26,27)/b22-15-/t17-/m0/s1. The Balaban J connectivity index is 1.64. The second kappa shape index (κ2) is 10.7. The molecule has 160 valence electrons. The Hall–Kier alpha value is -4.00. The van der Waals surface area contributed by atoms with Crippen molar-refractivity contribution in [3.63, 3.8) is 0 Å². The van der Waals surface area contributed by atoms with Crippen LogP contribution in [0.1, 0.15) is 23.0 Å². The second-order valence-corrected chi connectivity index (χ2v) is 6.75. The van der Waals surface area contributed by atoms with Crippen molar-refractivity contribution in [1.82, 2.24) is 10.6 Å². The van der Waals surface area contributed by atoms with E-state index in [1.54, 1.807) is 67.8 Å². The van der Waals surface area contributed by atoms with Gasteiger partial charge in [-0.15, -0.1) is 0 Å². The van der Waals surface area contributed by atoms with Crippen molar-refractivity contribution in [3.05, 3.63) is 90.0 Å². The first-order chi connectivity index (χ1) is 15.0. The topological polar surface area (TPSA) is 89.8 Å². The van der Waals surface area contributed by atoms with E-state index in [0.29, 0.717) is 17.1 Å². The van der Waals surface area contributed by atoms with Crippen LogP contribution >= 0.6 is 0 Å². The van der Waals surface area contributed by atoms with Gasteiger partial charge in [0.15, 0.2) is 0 Å². The van der Waals surface area contributed by atoms with E-state index in [-0.39, 0.29) is 18.3 Å². The third-order valence-electron chi connectivity index (χ3n) is 4.30. The van der Waals surface area contributed by atoms with Gasteiger partial charge in [-0.05, 0) is 55.5 Å². The number of hydrogen-bond donors (Lipinski definition) is 2. The van der Waals surface area contributed by atoms with Gasteiger partial charge >= 0.3 is 0 Å². The molecule has 3 rings (SSSR count). The largest absolute Gasteiger partial charge is 0.497 e. The van der Waals surface area contributed by atoms with Crippen LogP contribution in [0.3, 0.4) is 0 Å². The zero-order valence-corrected chi connectivity index (χ0v) is 17.3. The lowest BCUT2D eigenvalue weighted by molar-refractivity contribution is -0.118. The van der Waals surface area contributed by atoms with Crippen molar-refractivity contribution >= 4 is 17.9 Å². The minimum Gasteiger partial charge on any atom is -0.497 e. The quantitative estimate of drug-likeness (QED) is 0.516. The normalized spacial score (nSPS) is 12.0. The summed E-state index contributed by atoms with van der Waals surface area (Å²) in [5.74, 6) is 0.990. The minimum atomic E-state index is -0.452. The van der Waals surface area contributed by atoms with Crippen LogP contribution in [0.25, 0.3) is 6.08 Å². The van der Waals surface area contributed by atoms with E-state index in [1.807, 2.05) is 13.0 Å². The molecular formula is C24H24N2O5. The number of hydrogen-bond acceptors (Lipinski definition) is 5. The molecule has 7 nitrogen and oxygen atoms in total. The molecule has 0 bridgehead atoms. The van der Waals surface area contributed by atoms with E-state index in [4.69, 9.17) is 13.9 Å². The van der Waals surface area contributed by atoms with Crippen molar-refractivity contribution in [2.75, 3.05) is 13.7 Å². The van der Waals surface area contributed by atoms with Gasteiger partial charge in [0.25, 0.3) is 11.8 Å². The smallest absolute Gasteiger partial charge is 0.268 e. The third-order valence-corrected chi connectivity index (χ3v) is 4.30. The van der Waals surface area contributed by atoms with Gasteiger partial charge < -0.3 is 24.5 Å². The minimum absolute atomic E-state index is 0.0695. The summed E-state index contributed by atoms with van der Waals surface area (Å²) in [4.78, 5) is 25.4. The van der Waals surface area contributed by atoms with Crippen molar-refractivity contribution in [2.45, 2.75) is 13.0 Å².